The van der Waals surface area contributed by atoms with Crippen LogP contribution in [0.2, 0.25) is 0 Å². The number of hydrogen-bond acceptors (Lipinski definition) is 7. The van der Waals surface area contributed by atoms with Gasteiger partial charge in [0.05, 0.1) is 27.8 Å². The van der Waals surface area contributed by atoms with Crippen molar-refractivity contribution < 1.29 is 9.21 Å². The van der Waals surface area contributed by atoms with Crippen LogP contribution in [0, 0.1) is 6.92 Å². The zero-order chi connectivity index (χ0) is 18.6. The van der Waals surface area contributed by atoms with Crippen molar-refractivity contribution in [2.75, 3.05) is 18.0 Å². The third kappa shape index (κ3) is 3.96. The van der Waals surface area contributed by atoms with Gasteiger partial charge < -0.3 is 9.32 Å². The lowest BCUT2D eigenvalue weighted by atomic mass is 10.1. The molecule has 0 saturated carbocycles. The van der Waals surface area contributed by atoms with E-state index in [0.29, 0.717) is 11.3 Å². The third-order valence-electron chi connectivity index (χ3n) is 4.47. The number of aromatic nitrogens is 1. The molecule has 1 amide bonds. The van der Waals surface area contributed by atoms with Crippen LogP contribution >= 0.6 is 22.7 Å². The molecule has 0 atom stereocenters. The molecule has 8 heteroatoms. The normalized spacial score (nSPS) is 14.8. The van der Waals surface area contributed by atoms with Crippen LogP contribution in [0.1, 0.15) is 40.3 Å². The maximum atomic E-state index is 12.2. The van der Waals surface area contributed by atoms with E-state index in [4.69, 9.17) is 9.40 Å². The number of piperidine rings is 1. The number of carbonyl (C=O) groups excluding carboxylic acids is 1. The molecule has 3 aromatic heterocycles. The molecule has 0 spiro atoms. The van der Waals surface area contributed by atoms with Crippen molar-refractivity contribution >= 4 is 39.9 Å². The maximum Gasteiger partial charge on any atom is 0.274 e. The lowest BCUT2D eigenvalue weighted by molar-refractivity contribution is 0.0953. The molecule has 0 unspecified atom stereocenters. The number of anilines is 1. The predicted molar refractivity (Wildman–Crippen MR) is 110 cm³/mol. The average molecular weight is 401 g/mol. The van der Waals surface area contributed by atoms with Crippen molar-refractivity contribution in [2.24, 2.45) is 5.10 Å². The first kappa shape index (κ1) is 17.9. The highest BCUT2D eigenvalue weighted by Crippen LogP contribution is 2.35. The Morgan fingerprint density at radius 2 is 2.19 bits per heavy atom. The van der Waals surface area contributed by atoms with Gasteiger partial charge in [-0.25, -0.2) is 10.4 Å². The van der Waals surface area contributed by atoms with Gasteiger partial charge in [0.1, 0.15) is 11.5 Å². The molecule has 0 bridgehead atoms. The number of nitrogens with zero attached hydrogens (tertiary/aromatic N) is 3. The highest BCUT2D eigenvalue weighted by Gasteiger charge is 2.19. The molecule has 0 aliphatic carbocycles. The number of nitrogens with one attached hydrogen (secondary N) is 1. The second kappa shape index (κ2) is 8.06. The number of aryl methyl sites for hydroxylation is 1. The average Bonchev–Trinajstić information content (AvgIpc) is 3.42. The minimum absolute atomic E-state index is 0.282. The van der Waals surface area contributed by atoms with Gasteiger partial charge in [-0.3, -0.25) is 4.79 Å². The number of furan rings is 1. The molecule has 1 aliphatic heterocycles. The van der Waals surface area contributed by atoms with E-state index in [1.54, 1.807) is 41.9 Å². The van der Waals surface area contributed by atoms with E-state index in [9.17, 15) is 4.79 Å². The third-order valence-corrected chi connectivity index (χ3v) is 6.40. The van der Waals surface area contributed by atoms with Gasteiger partial charge in [-0.1, -0.05) is 17.4 Å². The van der Waals surface area contributed by atoms with E-state index in [1.807, 2.05) is 11.4 Å². The zero-order valence-electron chi connectivity index (χ0n) is 15.0. The molecular weight excluding hydrogens is 380 g/mol. The van der Waals surface area contributed by atoms with Gasteiger partial charge in [0.15, 0.2) is 5.13 Å². The van der Waals surface area contributed by atoms with Crippen molar-refractivity contribution in [3.63, 3.8) is 0 Å². The molecule has 1 fully saturated rings. The Kier molecular flexibility index (Phi) is 5.35. The van der Waals surface area contributed by atoms with Gasteiger partial charge in [0.25, 0.3) is 5.91 Å². The van der Waals surface area contributed by atoms with E-state index in [1.165, 1.54) is 25.5 Å². The number of rotatable bonds is 5. The predicted octanol–water partition coefficient (Wildman–Crippen LogP) is 4.53. The summed E-state index contributed by atoms with van der Waals surface area (Å²) in [4.78, 5) is 21.4. The van der Waals surface area contributed by atoms with Crippen molar-refractivity contribution in [2.45, 2.75) is 26.2 Å². The summed E-state index contributed by atoms with van der Waals surface area (Å²) in [6, 6.07) is 5.72. The van der Waals surface area contributed by atoms with Crippen LogP contribution in [0.3, 0.4) is 0 Å². The molecule has 1 saturated heterocycles. The van der Waals surface area contributed by atoms with Gasteiger partial charge in [0, 0.05) is 13.1 Å². The number of thiophene rings is 1. The summed E-state index contributed by atoms with van der Waals surface area (Å²) in [5.74, 6) is 0.295. The van der Waals surface area contributed by atoms with Gasteiger partial charge in [-0.2, -0.15) is 5.10 Å². The van der Waals surface area contributed by atoms with Gasteiger partial charge in [-0.15, -0.1) is 11.3 Å². The first-order valence-electron chi connectivity index (χ1n) is 8.89. The summed E-state index contributed by atoms with van der Waals surface area (Å²) < 4.78 is 5.16. The van der Waals surface area contributed by atoms with Crippen molar-refractivity contribution in [3.8, 4) is 10.6 Å². The Morgan fingerprint density at radius 1 is 1.33 bits per heavy atom. The number of carbonyl (C=O) groups is 1. The zero-order valence-corrected chi connectivity index (χ0v) is 16.6. The van der Waals surface area contributed by atoms with Crippen LogP contribution in [-0.2, 0) is 0 Å². The monoisotopic (exact) mass is 400 g/mol. The fraction of sp³-hybridized carbons (Fsp3) is 0.316. The van der Waals surface area contributed by atoms with Gasteiger partial charge in [0.2, 0.25) is 0 Å². The Morgan fingerprint density at radius 3 is 2.89 bits per heavy atom. The summed E-state index contributed by atoms with van der Waals surface area (Å²) in [5, 5.41) is 7.22. The van der Waals surface area contributed by atoms with Crippen LogP contribution < -0.4 is 10.3 Å². The van der Waals surface area contributed by atoms with E-state index < -0.39 is 0 Å². The highest BCUT2D eigenvalue weighted by atomic mass is 32.1. The lowest BCUT2D eigenvalue weighted by Gasteiger charge is -2.25. The number of hydrazone groups is 1. The van der Waals surface area contributed by atoms with Crippen molar-refractivity contribution in [3.05, 3.63) is 46.0 Å². The molecule has 0 radical (unpaired) electrons. The molecule has 27 heavy (non-hydrogen) atoms. The van der Waals surface area contributed by atoms with Gasteiger partial charge in [-0.05, 0) is 43.7 Å². The molecule has 4 heterocycles. The molecular formula is C19H20N4O2S2. The van der Waals surface area contributed by atoms with E-state index in [0.717, 1.165) is 33.7 Å². The van der Waals surface area contributed by atoms with Crippen LogP contribution in [-0.4, -0.2) is 30.2 Å². The summed E-state index contributed by atoms with van der Waals surface area (Å²) >= 11 is 3.27. The van der Waals surface area contributed by atoms with Crippen molar-refractivity contribution in [1.29, 1.82) is 0 Å². The second-order valence-corrected chi connectivity index (χ2v) is 8.28. The van der Waals surface area contributed by atoms with E-state index >= 15 is 0 Å². The molecule has 0 aromatic carbocycles. The van der Waals surface area contributed by atoms with E-state index in [2.05, 4.69) is 21.5 Å². The smallest absolute Gasteiger partial charge is 0.274 e. The summed E-state index contributed by atoms with van der Waals surface area (Å²) in [6.07, 6.45) is 6.88. The van der Waals surface area contributed by atoms with Crippen LogP contribution in [0.4, 0.5) is 5.13 Å². The Hall–Kier alpha value is -2.45. The molecule has 6 nitrogen and oxygen atoms in total. The standard InChI is InChI=1S/C19H20N4O2S2/c1-13-14(7-10-25-13)18(24)22-20-12-16-17(15-6-5-11-26-15)21-19(27-16)23-8-3-2-4-9-23/h5-7,10-12H,2-4,8-9H2,1H3,(H,22,24)/b20-12+. The summed E-state index contributed by atoms with van der Waals surface area (Å²) in [5.41, 5.74) is 3.99. The molecule has 1 N–H and O–H groups in total. The van der Waals surface area contributed by atoms with Crippen LogP contribution in [0.15, 0.2) is 39.4 Å². The van der Waals surface area contributed by atoms with Crippen LogP contribution in [0.25, 0.3) is 10.6 Å². The minimum atomic E-state index is -0.282. The molecule has 4 rings (SSSR count). The SMILES string of the molecule is Cc1occc1C(=O)N/N=C/c1sc(N2CCCCC2)nc1-c1cccs1. The Labute approximate surface area is 165 Å². The largest absolute Gasteiger partial charge is 0.469 e. The fourth-order valence-corrected chi connectivity index (χ4v) is 4.84. The first-order chi connectivity index (χ1) is 13.2. The summed E-state index contributed by atoms with van der Waals surface area (Å²) in [6.45, 7) is 3.84. The lowest BCUT2D eigenvalue weighted by Crippen LogP contribution is -2.29. The Bertz CT molecular complexity index is 937. The summed E-state index contributed by atoms with van der Waals surface area (Å²) in [7, 11) is 0. The first-order valence-corrected chi connectivity index (χ1v) is 10.6. The van der Waals surface area contributed by atoms with Gasteiger partial charge >= 0.3 is 0 Å². The topological polar surface area (TPSA) is 70.7 Å². The second-order valence-electron chi connectivity index (χ2n) is 6.32. The van der Waals surface area contributed by atoms with Crippen LogP contribution in [0.5, 0.6) is 0 Å². The highest BCUT2D eigenvalue weighted by molar-refractivity contribution is 7.18. The van der Waals surface area contributed by atoms with Crippen molar-refractivity contribution in [1.82, 2.24) is 10.4 Å². The number of amides is 1. The van der Waals surface area contributed by atoms with E-state index in [-0.39, 0.29) is 5.91 Å². The fourth-order valence-electron chi connectivity index (χ4n) is 3.05. The number of thiazole rings is 1. The molecule has 140 valence electrons. The minimum Gasteiger partial charge on any atom is -0.469 e. The quantitative estimate of drug-likeness (QED) is 0.505. The molecule has 1 aliphatic rings. The maximum absolute atomic E-state index is 12.2. The Balaban J connectivity index is 1.56. The molecule has 3 aromatic rings. The number of hydrogen-bond donors (Lipinski definition) is 1.